The standard InChI is InChI=1S/C11H13NO4/c13-6-11(1-2-11)12-10(16)7-3-8(14)5-9(15)4-7/h3-5,13-15H,1-2,6H2,(H,12,16). The average molecular weight is 223 g/mol. The molecule has 1 aliphatic rings. The van der Waals surface area contributed by atoms with Crippen molar-refractivity contribution >= 4 is 5.91 Å². The van der Waals surface area contributed by atoms with Crippen LogP contribution in [0.25, 0.3) is 0 Å². The zero-order valence-corrected chi connectivity index (χ0v) is 8.60. The number of aromatic hydroxyl groups is 2. The predicted molar refractivity (Wildman–Crippen MR) is 56.3 cm³/mol. The van der Waals surface area contributed by atoms with Crippen LogP contribution in [0.1, 0.15) is 23.2 Å². The first kappa shape index (κ1) is 10.8. The number of amides is 1. The molecule has 0 unspecified atom stereocenters. The Kier molecular flexibility index (Phi) is 2.47. The first-order valence-electron chi connectivity index (χ1n) is 5.01. The summed E-state index contributed by atoms with van der Waals surface area (Å²) in [6, 6.07) is 3.68. The van der Waals surface area contributed by atoms with Crippen LogP contribution in [0.4, 0.5) is 0 Å². The minimum Gasteiger partial charge on any atom is -0.508 e. The number of phenolic OH excluding ortho intramolecular Hbond substituents is 2. The van der Waals surface area contributed by atoms with Gasteiger partial charge in [-0.25, -0.2) is 0 Å². The van der Waals surface area contributed by atoms with Crippen molar-refractivity contribution in [1.82, 2.24) is 5.32 Å². The number of carbonyl (C=O) groups is 1. The molecule has 5 nitrogen and oxygen atoms in total. The molecule has 0 spiro atoms. The van der Waals surface area contributed by atoms with Crippen LogP contribution in [-0.2, 0) is 0 Å². The van der Waals surface area contributed by atoms with E-state index in [1.54, 1.807) is 0 Å². The zero-order valence-electron chi connectivity index (χ0n) is 8.60. The van der Waals surface area contributed by atoms with E-state index in [0.29, 0.717) is 0 Å². The molecule has 0 atom stereocenters. The molecule has 1 saturated carbocycles. The molecule has 4 N–H and O–H groups in total. The second-order valence-corrected chi connectivity index (χ2v) is 4.13. The highest BCUT2D eigenvalue weighted by molar-refractivity contribution is 5.95. The van der Waals surface area contributed by atoms with Gasteiger partial charge in [0.25, 0.3) is 5.91 Å². The fraction of sp³-hybridized carbons (Fsp3) is 0.364. The first-order valence-corrected chi connectivity index (χ1v) is 5.01. The average Bonchev–Trinajstić information content (AvgIpc) is 2.97. The van der Waals surface area contributed by atoms with Gasteiger partial charge in [0.15, 0.2) is 0 Å². The third kappa shape index (κ3) is 2.09. The lowest BCUT2D eigenvalue weighted by Gasteiger charge is -2.14. The Morgan fingerprint density at radius 2 is 1.81 bits per heavy atom. The molecule has 0 heterocycles. The lowest BCUT2D eigenvalue weighted by molar-refractivity contribution is 0.0906. The van der Waals surface area contributed by atoms with Gasteiger partial charge in [0.2, 0.25) is 0 Å². The first-order chi connectivity index (χ1) is 7.54. The van der Waals surface area contributed by atoms with Gasteiger partial charge in [0.1, 0.15) is 11.5 Å². The van der Waals surface area contributed by atoms with Crippen LogP contribution in [0.2, 0.25) is 0 Å². The third-order valence-corrected chi connectivity index (χ3v) is 2.70. The predicted octanol–water partition coefficient (Wildman–Crippen LogP) is 0.352. The SMILES string of the molecule is O=C(NC1(CO)CC1)c1cc(O)cc(O)c1. The normalized spacial score (nSPS) is 16.8. The Balaban J connectivity index is 2.14. The van der Waals surface area contributed by atoms with Gasteiger partial charge in [-0.2, -0.15) is 0 Å². The van der Waals surface area contributed by atoms with Crippen LogP contribution in [-0.4, -0.2) is 33.4 Å². The van der Waals surface area contributed by atoms with Gasteiger partial charge in [0, 0.05) is 11.6 Å². The topological polar surface area (TPSA) is 89.8 Å². The minimum atomic E-state index is -0.502. The fourth-order valence-corrected chi connectivity index (χ4v) is 1.51. The molecular formula is C11H13NO4. The summed E-state index contributed by atoms with van der Waals surface area (Å²) >= 11 is 0. The maximum atomic E-state index is 11.7. The summed E-state index contributed by atoms with van der Waals surface area (Å²) in [6.07, 6.45) is 1.50. The Morgan fingerprint density at radius 3 is 2.25 bits per heavy atom. The van der Waals surface area contributed by atoms with Crippen LogP contribution in [0.3, 0.4) is 0 Å². The monoisotopic (exact) mass is 223 g/mol. The highest BCUT2D eigenvalue weighted by Crippen LogP contribution is 2.35. The maximum Gasteiger partial charge on any atom is 0.252 e. The number of benzene rings is 1. The molecule has 0 aliphatic heterocycles. The molecule has 0 aromatic heterocycles. The Morgan fingerprint density at radius 1 is 1.25 bits per heavy atom. The summed E-state index contributed by atoms with van der Waals surface area (Å²) in [5.74, 6) is -0.740. The van der Waals surface area contributed by atoms with Crippen molar-refractivity contribution in [3.05, 3.63) is 23.8 Å². The number of rotatable bonds is 3. The van der Waals surface area contributed by atoms with Crippen LogP contribution < -0.4 is 5.32 Å². The Labute approximate surface area is 92.3 Å². The molecule has 1 aromatic carbocycles. The third-order valence-electron chi connectivity index (χ3n) is 2.70. The number of hydrogen-bond donors (Lipinski definition) is 4. The van der Waals surface area contributed by atoms with E-state index < -0.39 is 11.4 Å². The van der Waals surface area contributed by atoms with Crippen LogP contribution in [0.15, 0.2) is 18.2 Å². The highest BCUT2D eigenvalue weighted by atomic mass is 16.3. The highest BCUT2D eigenvalue weighted by Gasteiger charge is 2.43. The minimum absolute atomic E-state index is 0.0937. The van der Waals surface area contributed by atoms with Gasteiger partial charge in [0.05, 0.1) is 12.1 Å². The van der Waals surface area contributed by atoms with E-state index in [1.807, 2.05) is 0 Å². The van der Waals surface area contributed by atoms with E-state index in [1.165, 1.54) is 12.1 Å². The van der Waals surface area contributed by atoms with E-state index in [9.17, 15) is 15.0 Å². The summed E-state index contributed by atoms with van der Waals surface area (Å²) < 4.78 is 0. The Hall–Kier alpha value is -1.75. The van der Waals surface area contributed by atoms with Gasteiger partial charge in [-0.1, -0.05) is 0 Å². The van der Waals surface area contributed by atoms with Crippen molar-refractivity contribution in [1.29, 1.82) is 0 Å². The van der Waals surface area contributed by atoms with Crippen LogP contribution >= 0.6 is 0 Å². The van der Waals surface area contributed by atoms with Crippen molar-refractivity contribution in [2.24, 2.45) is 0 Å². The fourth-order valence-electron chi connectivity index (χ4n) is 1.51. The second-order valence-electron chi connectivity index (χ2n) is 4.13. The van der Waals surface area contributed by atoms with Crippen LogP contribution in [0.5, 0.6) is 11.5 Å². The van der Waals surface area contributed by atoms with E-state index in [2.05, 4.69) is 5.32 Å². The van der Waals surface area contributed by atoms with Crippen molar-refractivity contribution in [3.8, 4) is 11.5 Å². The van der Waals surface area contributed by atoms with Crippen molar-refractivity contribution < 1.29 is 20.1 Å². The summed E-state index contributed by atoms with van der Waals surface area (Å²) in [5.41, 5.74) is -0.324. The molecule has 0 radical (unpaired) electrons. The molecule has 1 aliphatic carbocycles. The molecule has 5 heteroatoms. The smallest absolute Gasteiger partial charge is 0.252 e. The van der Waals surface area contributed by atoms with E-state index in [4.69, 9.17) is 5.11 Å². The zero-order chi connectivity index (χ0) is 11.8. The lowest BCUT2D eigenvalue weighted by Crippen LogP contribution is -2.39. The Bertz CT molecular complexity index is 406. The van der Waals surface area contributed by atoms with E-state index >= 15 is 0 Å². The molecule has 1 fully saturated rings. The number of aliphatic hydroxyl groups excluding tert-OH is 1. The maximum absolute atomic E-state index is 11.7. The molecule has 86 valence electrons. The molecule has 0 bridgehead atoms. The summed E-state index contributed by atoms with van der Waals surface area (Å²) in [7, 11) is 0. The second kappa shape index (κ2) is 3.68. The summed E-state index contributed by atoms with van der Waals surface area (Å²) in [5, 5.41) is 30.2. The van der Waals surface area contributed by atoms with Gasteiger partial charge in [-0.15, -0.1) is 0 Å². The largest absolute Gasteiger partial charge is 0.508 e. The quantitative estimate of drug-likeness (QED) is 0.595. The van der Waals surface area contributed by atoms with Crippen LogP contribution in [0, 0.1) is 0 Å². The number of nitrogens with one attached hydrogen (secondary N) is 1. The number of carbonyl (C=O) groups excluding carboxylic acids is 1. The van der Waals surface area contributed by atoms with E-state index in [0.717, 1.165) is 18.9 Å². The van der Waals surface area contributed by atoms with Crippen molar-refractivity contribution in [2.75, 3.05) is 6.61 Å². The molecule has 2 rings (SSSR count). The van der Waals surface area contributed by atoms with E-state index in [-0.39, 0.29) is 23.7 Å². The molecule has 0 saturated heterocycles. The summed E-state index contributed by atoms with van der Waals surface area (Å²) in [4.78, 5) is 11.7. The summed E-state index contributed by atoms with van der Waals surface area (Å²) in [6.45, 7) is -0.0937. The van der Waals surface area contributed by atoms with Gasteiger partial charge < -0.3 is 20.6 Å². The number of phenols is 2. The van der Waals surface area contributed by atoms with Crippen molar-refractivity contribution in [3.63, 3.8) is 0 Å². The molecule has 1 amide bonds. The van der Waals surface area contributed by atoms with Gasteiger partial charge >= 0.3 is 0 Å². The van der Waals surface area contributed by atoms with Crippen molar-refractivity contribution in [2.45, 2.75) is 18.4 Å². The number of hydrogen-bond acceptors (Lipinski definition) is 4. The molecular weight excluding hydrogens is 210 g/mol. The molecule has 16 heavy (non-hydrogen) atoms. The number of aliphatic hydroxyl groups is 1. The van der Waals surface area contributed by atoms with Gasteiger partial charge in [-0.3, -0.25) is 4.79 Å². The molecule has 1 aromatic rings. The van der Waals surface area contributed by atoms with Gasteiger partial charge in [-0.05, 0) is 25.0 Å². The lowest BCUT2D eigenvalue weighted by atomic mass is 10.1.